The fourth-order valence-electron chi connectivity index (χ4n) is 3.22. The SMILES string of the molecule is CC(C)(N)[C@H](NC(=O)c1ccc(C#CC#CC[C@]2(O)C[C@@H](CO)C2)cc1)C(=O)NO. The van der Waals surface area contributed by atoms with Gasteiger partial charge in [0, 0.05) is 29.7 Å². The Morgan fingerprint density at radius 2 is 1.90 bits per heavy atom. The van der Waals surface area contributed by atoms with Crippen LogP contribution in [-0.2, 0) is 4.79 Å². The lowest BCUT2D eigenvalue weighted by molar-refractivity contribution is -0.132. The van der Waals surface area contributed by atoms with Crippen LogP contribution in [0.5, 0.6) is 0 Å². The van der Waals surface area contributed by atoms with Gasteiger partial charge in [-0.15, -0.1) is 0 Å². The number of hydrogen-bond acceptors (Lipinski definition) is 6. The molecule has 0 bridgehead atoms. The summed E-state index contributed by atoms with van der Waals surface area (Å²) in [6, 6.07) is 5.27. The zero-order chi connectivity index (χ0) is 22.4. The third kappa shape index (κ3) is 6.31. The third-order valence-electron chi connectivity index (χ3n) is 4.91. The molecular formula is C22H27N3O5. The smallest absolute Gasteiger partial charge is 0.267 e. The predicted octanol–water partition coefficient (Wildman–Crippen LogP) is -0.0939. The molecule has 1 aromatic rings. The molecule has 1 saturated carbocycles. The fourth-order valence-corrected chi connectivity index (χ4v) is 3.22. The molecule has 1 aromatic carbocycles. The second-order valence-corrected chi connectivity index (χ2v) is 8.19. The second kappa shape index (κ2) is 9.75. The molecule has 1 atom stereocenters. The van der Waals surface area contributed by atoms with Crippen LogP contribution in [-0.4, -0.2) is 51.0 Å². The van der Waals surface area contributed by atoms with Crippen LogP contribution in [0, 0.1) is 29.6 Å². The van der Waals surface area contributed by atoms with Crippen molar-refractivity contribution in [2.24, 2.45) is 11.7 Å². The monoisotopic (exact) mass is 413 g/mol. The van der Waals surface area contributed by atoms with Gasteiger partial charge in [0.05, 0.1) is 5.60 Å². The van der Waals surface area contributed by atoms with Crippen LogP contribution in [0.15, 0.2) is 24.3 Å². The first-order valence-electron chi connectivity index (χ1n) is 9.54. The first kappa shape index (κ1) is 23.4. The number of aliphatic hydroxyl groups excluding tert-OH is 1. The summed E-state index contributed by atoms with van der Waals surface area (Å²) in [5.41, 5.74) is 6.44. The zero-order valence-corrected chi connectivity index (χ0v) is 17.0. The number of amides is 2. The number of carbonyl (C=O) groups is 2. The molecule has 8 nitrogen and oxygen atoms in total. The van der Waals surface area contributed by atoms with Crippen LogP contribution < -0.4 is 16.5 Å². The molecule has 0 spiro atoms. The van der Waals surface area contributed by atoms with Crippen molar-refractivity contribution in [2.45, 2.75) is 50.3 Å². The molecule has 8 heteroatoms. The maximum Gasteiger partial charge on any atom is 0.267 e. The van der Waals surface area contributed by atoms with Crippen molar-refractivity contribution in [1.82, 2.24) is 10.8 Å². The van der Waals surface area contributed by atoms with E-state index in [1.165, 1.54) is 5.48 Å². The summed E-state index contributed by atoms with van der Waals surface area (Å²) in [6.45, 7) is 3.20. The molecule has 160 valence electrons. The quantitative estimate of drug-likeness (QED) is 0.218. The molecule has 30 heavy (non-hydrogen) atoms. The first-order valence-corrected chi connectivity index (χ1v) is 9.54. The molecule has 2 rings (SSSR count). The summed E-state index contributed by atoms with van der Waals surface area (Å²) < 4.78 is 0. The highest BCUT2D eigenvalue weighted by molar-refractivity contribution is 5.97. The first-order chi connectivity index (χ1) is 14.1. The van der Waals surface area contributed by atoms with E-state index in [1.807, 2.05) is 0 Å². The van der Waals surface area contributed by atoms with E-state index in [1.54, 1.807) is 38.1 Å². The van der Waals surface area contributed by atoms with E-state index in [4.69, 9.17) is 16.0 Å². The molecule has 0 aromatic heterocycles. The average Bonchev–Trinajstić information content (AvgIpc) is 2.68. The molecule has 0 saturated heterocycles. The molecule has 1 fully saturated rings. The Hall–Kier alpha value is -2.88. The molecule has 0 aliphatic heterocycles. The maximum absolute atomic E-state index is 12.4. The topological polar surface area (TPSA) is 145 Å². The highest BCUT2D eigenvalue weighted by atomic mass is 16.5. The van der Waals surface area contributed by atoms with E-state index in [0.29, 0.717) is 30.4 Å². The Bertz CT molecular complexity index is 891. The normalized spacial score (nSPS) is 21.1. The molecule has 2 amide bonds. The average molecular weight is 413 g/mol. The van der Waals surface area contributed by atoms with Crippen molar-refractivity contribution in [3.8, 4) is 23.7 Å². The van der Waals surface area contributed by atoms with Gasteiger partial charge in [-0.05, 0) is 68.7 Å². The van der Waals surface area contributed by atoms with Crippen molar-refractivity contribution in [3.63, 3.8) is 0 Å². The van der Waals surface area contributed by atoms with Crippen molar-refractivity contribution in [2.75, 3.05) is 6.61 Å². The van der Waals surface area contributed by atoms with Gasteiger partial charge in [0.25, 0.3) is 11.8 Å². The van der Waals surface area contributed by atoms with Crippen molar-refractivity contribution in [1.29, 1.82) is 0 Å². The molecule has 0 radical (unpaired) electrons. The number of hydrogen-bond donors (Lipinski definition) is 6. The lowest BCUT2D eigenvalue weighted by atomic mass is 9.70. The number of benzene rings is 1. The van der Waals surface area contributed by atoms with Crippen LogP contribution in [0.4, 0.5) is 0 Å². The molecule has 0 heterocycles. The fraction of sp³-hybridized carbons (Fsp3) is 0.455. The number of nitrogens with one attached hydrogen (secondary N) is 2. The molecule has 1 aliphatic rings. The van der Waals surface area contributed by atoms with E-state index >= 15 is 0 Å². The second-order valence-electron chi connectivity index (χ2n) is 8.19. The van der Waals surface area contributed by atoms with E-state index in [-0.39, 0.29) is 12.5 Å². The van der Waals surface area contributed by atoms with Crippen LogP contribution in [0.1, 0.15) is 49.0 Å². The summed E-state index contributed by atoms with van der Waals surface area (Å²) in [5.74, 6) is 9.91. The van der Waals surface area contributed by atoms with Gasteiger partial charge in [-0.2, -0.15) is 0 Å². The Labute approximate surface area is 175 Å². The summed E-state index contributed by atoms with van der Waals surface area (Å²) in [7, 11) is 0. The summed E-state index contributed by atoms with van der Waals surface area (Å²) >= 11 is 0. The van der Waals surface area contributed by atoms with Gasteiger partial charge < -0.3 is 21.3 Å². The van der Waals surface area contributed by atoms with Gasteiger partial charge >= 0.3 is 0 Å². The molecule has 0 unspecified atom stereocenters. The summed E-state index contributed by atoms with van der Waals surface area (Å²) in [4.78, 5) is 24.1. The molecular weight excluding hydrogens is 386 g/mol. The van der Waals surface area contributed by atoms with Crippen molar-refractivity contribution < 1.29 is 25.0 Å². The van der Waals surface area contributed by atoms with E-state index in [9.17, 15) is 14.7 Å². The van der Waals surface area contributed by atoms with E-state index < -0.39 is 29.0 Å². The predicted molar refractivity (Wildman–Crippen MR) is 110 cm³/mol. The largest absolute Gasteiger partial charge is 0.396 e. The molecule has 1 aliphatic carbocycles. The summed E-state index contributed by atoms with van der Waals surface area (Å²) in [5, 5.41) is 30.5. The third-order valence-corrected chi connectivity index (χ3v) is 4.91. The minimum absolute atomic E-state index is 0.0861. The number of aliphatic hydroxyl groups is 2. The van der Waals surface area contributed by atoms with Gasteiger partial charge in [-0.3, -0.25) is 14.8 Å². The van der Waals surface area contributed by atoms with Gasteiger partial charge in [-0.25, -0.2) is 5.48 Å². The Morgan fingerprint density at radius 1 is 1.27 bits per heavy atom. The number of rotatable bonds is 6. The van der Waals surface area contributed by atoms with Gasteiger partial charge in [0.1, 0.15) is 6.04 Å². The Morgan fingerprint density at radius 3 is 2.43 bits per heavy atom. The number of nitrogens with two attached hydrogens (primary N) is 1. The Balaban J connectivity index is 1.94. The van der Waals surface area contributed by atoms with Gasteiger partial charge in [-0.1, -0.05) is 11.8 Å². The van der Waals surface area contributed by atoms with Crippen LogP contribution in [0.2, 0.25) is 0 Å². The number of hydroxylamine groups is 1. The van der Waals surface area contributed by atoms with E-state index in [2.05, 4.69) is 29.0 Å². The zero-order valence-electron chi connectivity index (χ0n) is 17.0. The van der Waals surface area contributed by atoms with Crippen molar-refractivity contribution in [3.05, 3.63) is 35.4 Å². The van der Waals surface area contributed by atoms with Crippen LogP contribution in [0.3, 0.4) is 0 Å². The minimum Gasteiger partial charge on any atom is -0.396 e. The highest BCUT2D eigenvalue weighted by Crippen LogP contribution is 2.39. The number of carbonyl (C=O) groups excluding carboxylic acids is 2. The van der Waals surface area contributed by atoms with Gasteiger partial charge in [0.15, 0.2) is 0 Å². The lowest BCUT2D eigenvalue weighted by Gasteiger charge is -2.41. The summed E-state index contributed by atoms with van der Waals surface area (Å²) in [6.07, 6.45) is 1.42. The van der Waals surface area contributed by atoms with Crippen molar-refractivity contribution >= 4 is 11.8 Å². The maximum atomic E-state index is 12.4. The minimum atomic E-state index is -1.12. The van der Waals surface area contributed by atoms with E-state index in [0.717, 1.165) is 0 Å². The Kier molecular flexibility index (Phi) is 7.60. The highest BCUT2D eigenvalue weighted by Gasteiger charge is 2.41. The van der Waals surface area contributed by atoms with Gasteiger partial charge in [0.2, 0.25) is 0 Å². The van der Waals surface area contributed by atoms with Crippen LogP contribution in [0.25, 0.3) is 0 Å². The standard InChI is InChI=1S/C22H27N3O5/c1-21(2,23)18(20(28)25-30)24-19(27)17-9-7-15(8-10-17)6-4-3-5-11-22(29)12-16(13-22)14-26/h7-10,16,18,26,29-30H,11-14,23H2,1-2H3,(H,24,27)(H,25,28)/t16-,18-,22+/m1/s1. The molecule has 7 N–H and O–H groups in total. The lowest BCUT2D eigenvalue weighted by Crippen LogP contribution is -2.61. The van der Waals surface area contributed by atoms with Crippen LogP contribution >= 0.6 is 0 Å².